The molecule has 0 spiro atoms. The summed E-state index contributed by atoms with van der Waals surface area (Å²) in [5, 5.41) is 8.78. The first-order valence-corrected chi connectivity index (χ1v) is 6.09. The van der Waals surface area contributed by atoms with Crippen LogP contribution in [0.25, 0.3) is 0 Å². The van der Waals surface area contributed by atoms with Crippen LogP contribution in [-0.2, 0) is 16.6 Å². The summed E-state index contributed by atoms with van der Waals surface area (Å²) in [5.74, 6) is 0. The first-order valence-electron chi connectivity index (χ1n) is 4.65. The molecule has 0 aromatic carbocycles. The minimum atomic E-state index is -3.56. The van der Waals surface area contributed by atoms with Gasteiger partial charge < -0.3 is 5.11 Å². The van der Waals surface area contributed by atoms with Crippen molar-refractivity contribution in [2.75, 3.05) is 13.6 Å². The van der Waals surface area contributed by atoms with E-state index in [0.717, 1.165) is 4.31 Å². The van der Waals surface area contributed by atoms with Gasteiger partial charge in [-0.25, -0.2) is 13.4 Å². The molecule has 0 aliphatic carbocycles. The molecule has 1 N–H and O–H groups in total. The maximum Gasteiger partial charge on any atom is 0.260 e. The summed E-state index contributed by atoms with van der Waals surface area (Å²) in [6, 6.07) is 2.90. The van der Waals surface area contributed by atoms with Gasteiger partial charge in [0.05, 0.1) is 6.61 Å². The lowest BCUT2D eigenvalue weighted by Crippen LogP contribution is -2.27. The second-order valence-electron chi connectivity index (χ2n) is 3.24. The zero-order valence-electron chi connectivity index (χ0n) is 9.00. The first kappa shape index (κ1) is 12.8. The summed E-state index contributed by atoms with van der Waals surface area (Å²) in [7, 11) is -2.10. The van der Waals surface area contributed by atoms with E-state index in [9.17, 15) is 8.42 Å². The van der Waals surface area contributed by atoms with E-state index in [0.29, 0.717) is 5.56 Å². The maximum atomic E-state index is 11.9. The fourth-order valence-corrected chi connectivity index (χ4v) is 2.14. The average molecular weight is 242 g/mol. The molecule has 0 saturated heterocycles. The average Bonchev–Trinajstić information content (AvgIpc) is 2.29. The second kappa shape index (κ2) is 5.20. The van der Waals surface area contributed by atoms with Gasteiger partial charge in [0, 0.05) is 19.8 Å². The number of hydrogen-bond donors (Lipinski definition) is 1. The van der Waals surface area contributed by atoms with E-state index in [1.807, 2.05) is 0 Å². The van der Waals surface area contributed by atoms with E-state index in [-0.39, 0.29) is 18.2 Å². The van der Waals surface area contributed by atoms with Crippen molar-refractivity contribution in [2.45, 2.75) is 11.6 Å². The molecule has 0 fully saturated rings. The lowest BCUT2D eigenvalue weighted by molar-refractivity contribution is 0.281. The SMILES string of the molecule is C=CCN(C)S(=O)(=O)c1ccc(CO)cn1. The first-order chi connectivity index (χ1) is 7.52. The van der Waals surface area contributed by atoms with E-state index in [4.69, 9.17) is 5.11 Å². The van der Waals surface area contributed by atoms with E-state index in [2.05, 4.69) is 11.6 Å². The second-order valence-corrected chi connectivity index (χ2v) is 5.23. The van der Waals surface area contributed by atoms with Crippen LogP contribution in [-0.4, -0.2) is 36.4 Å². The number of nitrogens with zero attached hydrogens (tertiary/aromatic N) is 2. The van der Waals surface area contributed by atoms with E-state index in [1.54, 1.807) is 0 Å². The molecule has 0 atom stereocenters. The molecule has 1 heterocycles. The van der Waals surface area contributed by atoms with Gasteiger partial charge in [-0.1, -0.05) is 12.1 Å². The third kappa shape index (κ3) is 2.66. The highest BCUT2D eigenvalue weighted by molar-refractivity contribution is 7.89. The van der Waals surface area contributed by atoms with Crippen LogP contribution < -0.4 is 0 Å². The summed E-state index contributed by atoms with van der Waals surface area (Å²) >= 11 is 0. The molecule has 88 valence electrons. The molecular weight excluding hydrogens is 228 g/mol. The van der Waals surface area contributed by atoms with Gasteiger partial charge in [-0.05, 0) is 11.6 Å². The third-order valence-corrected chi connectivity index (χ3v) is 3.78. The third-order valence-electron chi connectivity index (χ3n) is 2.04. The van der Waals surface area contributed by atoms with E-state index < -0.39 is 10.0 Å². The number of likely N-dealkylation sites (N-methyl/N-ethyl adjacent to an activating group) is 1. The van der Waals surface area contributed by atoms with Crippen molar-refractivity contribution in [1.82, 2.24) is 9.29 Å². The topological polar surface area (TPSA) is 70.5 Å². The number of aliphatic hydroxyl groups is 1. The molecular formula is C10H14N2O3S. The van der Waals surface area contributed by atoms with Crippen LogP contribution in [0, 0.1) is 0 Å². The van der Waals surface area contributed by atoms with Crippen molar-refractivity contribution in [3.8, 4) is 0 Å². The van der Waals surface area contributed by atoms with E-state index in [1.165, 1.54) is 31.5 Å². The van der Waals surface area contributed by atoms with Crippen LogP contribution in [0.2, 0.25) is 0 Å². The molecule has 0 aliphatic heterocycles. The molecule has 0 aliphatic rings. The number of pyridine rings is 1. The van der Waals surface area contributed by atoms with Gasteiger partial charge >= 0.3 is 0 Å². The van der Waals surface area contributed by atoms with Crippen LogP contribution >= 0.6 is 0 Å². The Kier molecular flexibility index (Phi) is 4.17. The maximum absolute atomic E-state index is 11.9. The predicted octanol–water partition coefficient (Wildman–Crippen LogP) is 0.380. The highest BCUT2D eigenvalue weighted by Gasteiger charge is 2.20. The highest BCUT2D eigenvalue weighted by Crippen LogP contribution is 2.11. The summed E-state index contributed by atoms with van der Waals surface area (Å²) < 4.78 is 24.9. The van der Waals surface area contributed by atoms with Gasteiger partial charge in [-0.3, -0.25) is 0 Å². The summed E-state index contributed by atoms with van der Waals surface area (Å²) in [6.07, 6.45) is 2.84. The predicted molar refractivity (Wildman–Crippen MR) is 60.2 cm³/mol. The Morgan fingerprint density at radius 1 is 1.56 bits per heavy atom. The monoisotopic (exact) mass is 242 g/mol. The minimum absolute atomic E-state index is 0.0333. The van der Waals surface area contributed by atoms with Crippen LogP contribution in [0.1, 0.15) is 5.56 Å². The molecule has 0 bridgehead atoms. The number of aliphatic hydroxyl groups excluding tert-OH is 1. The summed E-state index contributed by atoms with van der Waals surface area (Å²) in [4.78, 5) is 3.80. The lowest BCUT2D eigenvalue weighted by atomic mass is 10.3. The Balaban J connectivity index is 3.02. The molecule has 0 amide bonds. The molecule has 1 aromatic rings. The van der Waals surface area contributed by atoms with Crippen molar-refractivity contribution in [1.29, 1.82) is 0 Å². The zero-order valence-corrected chi connectivity index (χ0v) is 9.81. The normalized spacial score (nSPS) is 11.7. The Labute approximate surface area is 95.1 Å². The molecule has 1 aromatic heterocycles. The Morgan fingerprint density at radius 2 is 2.25 bits per heavy atom. The number of hydrogen-bond acceptors (Lipinski definition) is 4. The number of aromatic nitrogens is 1. The molecule has 1 rings (SSSR count). The lowest BCUT2D eigenvalue weighted by Gasteiger charge is -2.14. The molecule has 0 saturated carbocycles. The van der Waals surface area contributed by atoms with Gasteiger partial charge in [-0.15, -0.1) is 6.58 Å². The fourth-order valence-electron chi connectivity index (χ4n) is 1.10. The van der Waals surface area contributed by atoms with Crippen LogP contribution in [0.5, 0.6) is 0 Å². The van der Waals surface area contributed by atoms with Crippen molar-refractivity contribution < 1.29 is 13.5 Å². The van der Waals surface area contributed by atoms with Crippen molar-refractivity contribution in [3.63, 3.8) is 0 Å². The molecule has 0 radical (unpaired) electrons. The fraction of sp³-hybridized carbons (Fsp3) is 0.300. The van der Waals surface area contributed by atoms with Gasteiger partial charge in [-0.2, -0.15) is 4.31 Å². The summed E-state index contributed by atoms with van der Waals surface area (Å²) in [5.41, 5.74) is 0.574. The van der Waals surface area contributed by atoms with Gasteiger partial charge in [0.25, 0.3) is 10.0 Å². The minimum Gasteiger partial charge on any atom is -0.392 e. The number of sulfonamides is 1. The van der Waals surface area contributed by atoms with Gasteiger partial charge in [0.1, 0.15) is 0 Å². The Morgan fingerprint density at radius 3 is 2.69 bits per heavy atom. The summed E-state index contributed by atoms with van der Waals surface area (Å²) in [6.45, 7) is 3.55. The largest absolute Gasteiger partial charge is 0.392 e. The quantitative estimate of drug-likeness (QED) is 0.758. The van der Waals surface area contributed by atoms with Crippen molar-refractivity contribution in [2.24, 2.45) is 0 Å². The number of rotatable bonds is 5. The van der Waals surface area contributed by atoms with Crippen molar-refractivity contribution >= 4 is 10.0 Å². The van der Waals surface area contributed by atoms with Crippen LogP contribution in [0.15, 0.2) is 36.0 Å². The highest BCUT2D eigenvalue weighted by atomic mass is 32.2. The molecule has 5 nitrogen and oxygen atoms in total. The zero-order chi connectivity index (χ0) is 12.2. The van der Waals surface area contributed by atoms with Crippen molar-refractivity contribution in [3.05, 3.63) is 36.5 Å². The molecule has 16 heavy (non-hydrogen) atoms. The standard InChI is InChI=1S/C10H14N2O3S/c1-3-6-12(2)16(14,15)10-5-4-9(8-13)7-11-10/h3-5,7,13H,1,6,8H2,2H3. The molecule has 6 heteroatoms. The van der Waals surface area contributed by atoms with Gasteiger partial charge in [0.2, 0.25) is 0 Å². The molecule has 0 unspecified atom stereocenters. The van der Waals surface area contributed by atoms with E-state index >= 15 is 0 Å². The van der Waals surface area contributed by atoms with Crippen LogP contribution in [0.4, 0.5) is 0 Å². The van der Waals surface area contributed by atoms with Gasteiger partial charge in [0.15, 0.2) is 5.03 Å². The smallest absolute Gasteiger partial charge is 0.260 e. The Bertz CT molecular complexity index is 453. The Hall–Kier alpha value is -1.24. The van der Waals surface area contributed by atoms with Crippen LogP contribution in [0.3, 0.4) is 0 Å².